The molecule has 3 unspecified atom stereocenters. The van der Waals surface area contributed by atoms with E-state index in [4.69, 9.17) is 13.8 Å². The molecule has 0 aromatic carbocycles. The predicted octanol–water partition coefficient (Wildman–Crippen LogP) is 16.2. The first kappa shape index (κ1) is 67.2. The van der Waals surface area contributed by atoms with E-state index in [1.165, 1.54) is 154 Å². The first-order valence-electron chi connectivity index (χ1n) is 28.3. The molecule has 12 heteroatoms. The molecule has 0 saturated carbocycles. The van der Waals surface area contributed by atoms with Gasteiger partial charge in [0.05, 0.1) is 13.2 Å². The molecule has 0 spiro atoms. The van der Waals surface area contributed by atoms with Crippen LogP contribution >= 0.6 is 7.82 Å². The zero-order chi connectivity index (χ0) is 51.3. The normalized spacial score (nSPS) is 13.9. The highest BCUT2D eigenvalue weighted by atomic mass is 31.2. The lowest BCUT2D eigenvalue weighted by Gasteiger charge is -2.18. The lowest BCUT2D eigenvalue weighted by atomic mass is 10.0. The Labute approximate surface area is 427 Å². The van der Waals surface area contributed by atoms with E-state index in [1.807, 2.05) is 0 Å². The fraction of sp³-hybridized carbons (Fsp3) is 0.776. The topological polar surface area (TPSA) is 169 Å². The number of allylic oxidation sites excluding steroid dienone is 10. The van der Waals surface area contributed by atoms with Crippen LogP contribution in [0.15, 0.2) is 60.8 Å². The molecule has 0 rings (SSSR count). The van der Waals surface area contributed by atoms with Crippen molar-refractivity contribution in [2.75, 3.05) is 19.8 Å². The van der Waals surface area contributed by atoms with Crippen LogP contribution in [0.3, 0.4) is 0 Å². The van der Waals surface area contributed by atoms with Crippen molar-refractivity contribution in [2.45, 2.75) is 270 Å². The van der Waals surface area contributed by atoms with E-state index in [1.54, 1.807) is 0 Å². The Kier molecular flexibility index (Phi) is 50.4. The third-order valence-electron chi connectivity index (χ3n) is 12.3. The van der Waals surface area contributed by atoms with Gasteiger partial charge >= 0.3 is 19.8 Å². The van der Waals surface area contributed by atoms with Crippen molar-refractivity contribution in [2.24, 2.45) is 0 Å². The van der Waals surface area contributed by atoms with E-state index < -0.39 is 57.6 Å². The number of ether oxygens (including phenoxy) is 1. The number of aliphatic hydroxyl groups excluding tert-OH is 1. The van der Waals surface area contributed by atoms with Gasteiger partial charge in [-0.1, -0.05) is 222 Å². The summed E-state index contributed by atoms with van der Waals surface area (Å²) in [6, 6.07) is -1.55. The van der Waals surface area contributed by atoms with Gasteiger partial charge in [0.2, 0.25) is 5.91 Å². The molecule has 3 atom stereocenters. The van der Waals surface area contributed by atoms with Gasteiger partial charge in [-0.15, -0.1) is 0 Å². The van der Waals surface area contributed by atoms with Crippen LogP contribution < -0.4 is 5.32 Å². The van der Waals surface area contributed by atoms with Gasteiger partial charge in [0.15, 0.2) is 6.04 Å². The number of aliphatic carboxylic acids is 1. The highest BCUT2D eigenvalue weighted by Crippen LogP contribution is 2.43. The van der Waals surface area contributed by atoms with E-state index in [0.717, 1.165) is 64.2 Å². The zero-order valence-electron chi connectivity index (χ0n) is 44.6. The lowest BCUT2D eigenvalue weighted by Crippen LogP contribution is -2.43. The fourth-order valence-electron chi connectivity index (χ4n) is 7.88. The molecule has 0 bridgehead atoms. The van der Waals surface area contributed by atoms with Crippen molar-refractivity contribution in [1.29, 1.82) is 0 Å². The van der Waals surface area contributed by atoms with Crippen LogP contribution in [0.5, 0.6) is 0 Å². The number of phosphoric ester groups is 1. The highest BCUT2D eigenvalue weighted by Gasteiger charge is 2.28. The quantitative estimate of drug-likeness (QED) is 0.0199. The molecule has 406 valence electrons. The van der Waals surface area contributed by atoms with Crippen LogP contribution in [-0.2, 0) is 32.7 Å². The maximum atomic E-state index is 12.4. The number of amides is 1. The van der Waals surface area contributed by atoms with Crippen LogP contribution in [0.1, 0.15) is 258 Å². The molecule has 4 N–H and O–H groups in total. The van der Waals surface area contributed by atoms with Gasteiger partial charge in [-0.2, -0.15) is 0 Å². The Morgan fingerprint density at radius 3 is 1.17 bits per heavy atom. The Morgan fingerprint density at radius 2 is 0.786 bits per heavy atom. The van der Waals surface area contributed by atoms with Gasteiger partial charge < -0.3 is 25.2 Å². The molecule has 0 aromatic rings. The average molecular weight is 1010 g/mol. The highest BCUT2D eigenvalue weighted by molar-refractivity contribution is 7.47. The molecule has 0 radical (unpaired) electrons. The van der Waals surface area contributed by atoms with Crippen molar-refractivity contribution in [1.82, 2.24) is 5.32 Å². The summed E-state index contributed by atoms with van der Waals surface area (Å²) in [6.45, 7) is 2.58. The Hall–Kier alpha value is -2.82. The van der Waals surface area contributed by atoms with Crippen molar-refractivity contribution >= 4 is 25.7 Å². The summed E-state index contributed by atoms with van der Waals surface area (Å²) in [5.41, 5.74) is 0. The van der Waals surface area contributed by atoms with Crippen LogP contribution in [0.2, 0.25) is 0 Å². The third kappa shape index (κ3) is 51.5. The minimum atomic E-state index is -4.77. The number of phosphoric acid groups is 1. The van der Waals surface area contributed by atoms with E-state index in [2.05, 4.69) is 79.9 Å². The number of esters is 1. The van der Waals surface area contributed by atoms with Crippen molar-refractivity contribution in [3.63, 3.8) is 0 Å². The van der Waals surface area contributed by atoms with E-state index in [-0.39, 0.29) is 12.8 Å². The second kappa shape index (κ2) is 52.5. The molecule has 70 heavy (non-hydrogen) atoms. The molecular formula is C58H104NO10P. The van der Waals surface area contributed by atoms with Crippen molar-refractivity contribution in [3.8, 4) is 0 Å². The standard InChI is InChI=1S/C58H104NO10P/c1-3-5-7-9-11-13-15-17-19-21-23-25-27-29-31-33-35-37-39-41-43-45-47-49-56(61)59-55(58(63)64)53-69-70(65,66)68-52-54(60)51-67-57(62)50-48-46-44-42-40-38-36-34-32-30-28-26-24-22-20-18-16-14-12-10-8-6-4-2/h11-14,17-20,24,26,54-55,60H,3-10,15-16,21-23,25,27-53H2,1-2H3,(H,59,61)(H,63,64)(H,65,66)/b13-11-,14-12-,19-17-,20-18-,26-24-. The SMILES string of the molecule is CCCCC/C=C\C/C=C\C/C=C\CCCCCCCCCCCCC(=O)OCC(O)COP(=O)(O)OCC(NC(=O)CCCCCCCCCCCCCCC/C=C\C/C=C\CCCCC)C(=O)O. The summed E-state index contributed by atoms with van der Waals surface area (Å²) in [5, 5.41) is 22.0. The number of carbonyl (C=O) groups is 3. The predicted molar refractivity (Wildman–Crippen MR) is 291 cm³/mol. The molecule has 0 saturated heterocycles. The second-order valence-electron chi connectivity index (χ2n) is 19.1. The monoisotopic (exact) mass is 1010 g/mol. The van der Waals surface area contributed by atoms with E-state index >= 15 is 0 Å². The van der Waals surface area contributed by atoms with E-state index in [9.17, 15) is 34.1 Å². The number of carboxylic acids is 1. The van der Waals surface area contributed by atoms with Gasteiger partial charge in [0.25, 0.3) is 0 Å². The minimum Gasteiger partial charge on any atom is -0.480 e. The second-order valence-corrected chi connectivity index (χ2v) is 20.6. The summed E-state index contributed by atoms with van der Waals surface area (Å²) in [5.74, 6) is -2.37. The van der Waals surface area contributed by atoms with Gasteiger partial charge in [-0.3, -0.25) is 18.6 Å². The number of nitrogens with one attached hydrogen (secondary N) is 1. The molecule has 0 heterocycles. The Morgan fingerprint density at radius 1 is 0.457 bits per heavy atom. The average Bonchev–Trinajstić information content (AvgIpc) is 3.34. The number of rotatable bonds is 53. The number of aliphatic hydroxyl groups is 1. The molecular weight excluding hydrogens is 902 g/mol. The van der Waals surface area contributed by atoms with Gasteiger partial charge in [-0.05, 0) is 83.5 Å². The summed E-state index contributed by atoms with van der Waals surface area (Å²) >= 11 is 0. The smallest absolute Gasteiger partial charge is 0.472 e. The van der Waals surface area contributed by atoms with Crippen LogP contribution in [0.25, 0.3) is 0 Å². The van der Waals surface area contributed by atoms with Gasteiger partial charge in [-0.25, -0.2) is 9.36 Å². The summed E-state index contributed by atoms with van der Waals surface area (Å²) in [4.78, 5) is 46.3. The molecule has 11 nitrogen and oxygen atoms in total. The molecule has 0 aliphatic heterocycles. The Bertz CT molecular complexity index is 1410. The minimum absolute atomic E-state index is 0.144. The zero-order valence-corrected chi connectivity index (χ0v) is 45.5. The van der Waals surface area contributed by atoms with Gasteiger partial charge in [0.1, 0.15) is 12.7 Å². The van der Waals surface area contributed by atoms with Crippen molar-refractivity contribution in [3.05, 3.63) is 60.8 Å². The Balaban J connectivity index is 3.79. The van der Waals surface area contributed by atoms with Crippen molar-refractivity contribution < 1.29 is 47.8 Å². The van der Waals surface area contributed by atoms with Crippen LogP contribution in [0.4, 0.5) is 0 Å². The third-order valence-corrected chi connectivity index (χ3v) is 13.2. The number of carbonyl (C=O) groups excluding carboxylic acids is 2. The maximum absolute atomic E-state index is 12.4. The molecule has 0 aromatic heterocycles. The first-order chi connectivity index (χ1) is 34.1. The summed E-state index contributed by atoms with van der Waals surface area (Å²) < 4.78 is 27.0. The van der Waals surface area contributed by atoms with Gasteiger partial charge in [0, 0.05) is 12.8 Å². The fourth-order valence-corrected chi connectivity index (χ4v) is 8.66. The molecule has 0 fully saturated rings. The summed E-state index contributed by atoms with van der Waals surface area (Å²) in [7, 11) is -4.77. The number of carboxylic acid groups (broad SMARTS) is 1. The van der Waals surface area contributed by atoms with Crippen LogP contribution in [0, 0.1) is 0 Å². The van der Waals surface area contributed by atoms with E-state index in [0.29, 0.717) is 12.8 Å². The number of hydrogen-bond donors (Lipinski definition) is 4. The molecule has 0 aliphatic rings. The largest absolute Gasteiger partial charge is 0.480 e. The number of unbranched alkanes of at least 4 members (excludes halogenated alkanes) is 29. The van der Waals surface area contributed by atoms with Crippen LogP contribution in [-0.4, -0.2) is 64.9 Å². The molecule has 0 aliphatic carbocycles. The maximum Gasteiger partial charge on any atom is 0.472 e. The lowest BCUT2D eigenvalue weighted by molar-refractivity contribution is -0.147. The number of hydrogen-bond acceptors (Lipinski definition) is 8. The summed E-state index contributed by atoms with van der Waals surface area (Å²) in [6.07, 6.45) is 63.8. The first-order valence-corrected chi connectivity index (χ1v) is 29.8. The molecule has 1 amide bonds.